The molecular weight excluding hydrogens is 228 g/mol. The maximum absolute atomic E-state index is 11.4. The summed E-state index contributed by atoms with van der Waals surface area (Å²) in [7, 11) is 0. The molecule has 0 radical (unpaired) electrons. The fraction of sp³-hybridized carbons (Fsp3) is 0.929. The minimum absolute atomic E-state index is 0.304. The molecule has 0 bridgehead atoms. The molecule has 0 aromatic rings. The van der Waals surface area contributed by atoms with Crippen LogP contribution in [-0.4, -0.2) is 31.2 Å². The number of carbonyl (C=O) groups excluding carboxylic acids is 1. The Labute approximate surface area is 111 Å². The molecule has 3 N–H and O–H groups in total. The largest absolute Gasteiger partial charge is 0.465 e. The van der Waals surface area contributed by atoms with Gasteiger partial charge in [-0.3, -0.25) is 4.79 Å². The minimum Gasteiger partial charge on any atom is -0.465 e. The van der Waals surface area contributed by atoms with Gasteiger partial charge in [0.25, 0.3) is 0 Å². The summed E-state index contributed by atoms with van der Waals surface area (Å²) in [4.78, 5) is 11.4. The fourth-order valence-electron chi connectivity index (χ4n) is 2.82. The van der Waals surface area contributed by atoms with Crippen LogP contribution in [-0.2, 0) is 9.53 Å². The van der Waals surface area contributed by atoms with Crippen LogP contribution in [0.4, 0.5) is 0 Å². The lowest BCUT2D eigenvalue weighted by molar-refractivity contribution is -0.144. The lowest BCUT2D eigenvalue weighted by Gasteiger charge is -2.35. The third-order valence-corrected chi connectivity index (χ3v) is 3.87. The Hall–Kier alpha value is -0.610. The summed E-state index contributed by atoms with van der Waals surface area (Å²) in [6.07, 6.45) is 5.07. The molecule has 3 unspecified atom stereocenters. The average molecular weight is 256 g/mol. The first-order valence-electron chi connectivity index (χ1n) is 7.21. The molecule has 1 fully saturated rings. The second-order valence-electron chi connectivity index (χ2n) is 5.57. The lowest BCUT2D eigenvalue weighted by atomic mass is 9.78. The normalized spacial score (nSPS) is 26.1. The number of hydrogen-bond donors (Lipinski definition) is 2. The van der Waals surface area contributed by atoms with Gasteiger partial charge in [-0.1, -0.05) is 26.7 Å². The predicted octanol–water partition coefficient (Wildman–Crippen LogP) is 1.68. The van der Waals surface area contributed by atoms with Crippen molar-refractivity contribution in [2.75, 3.05) is 13.2 Å². The summed E-state index contributed by atoms with van der Waals surface area (Å²) in [5.41, 5.74) is 5.80. The topological polar surface area (TPSA) is 64.3 Å². The SMILES string of the molecule is CCOC(=O)C(N)CNC1CCCCC1C(C)C. The molecule has 1 aliphatic carbocycles. The van der Waals surface area contributed by atoms with Gasteiger partial charge in [0.1, 0.15) is 6.04 Å². The smallest absolute Gasteiger partial charge is 0.324 e. The molecule has 0 aromatic heterocycles. The average Bonchev–Trinajstić information content (AvgIpc) is 2.36. The van der Waals surface area contributed by atoms with Gasteiger partial charge in [0.05, 0.1) is 6.61 Å². The summed E-state index contributed by atoms with van der Waals surface area (Å²) >= 11 is 0. The van der Waals surface area contributed by atoms with E-state index in [4.69, 9.17) is 10.5 Å². The number of nitrogens with one attached hydrogen (secondary N) is 1. The van der Waals surface area contributed by atoms with Gasteiger partial charge in [-0.05, 0) is 31.6 Å². The van der Waals surface area contributed by atoms with Gasteiger partial charge in [-0.25, -0.2) is 0 Å². The maximum Gasteiger partial charge on any atom is 0.324 e. The van der Waals surface area contributed by atoms with Gasteiger partial charge < -0.3 is 15.8 Å². The van der Waals surface area contributed by atoms with E-state index in [2.05, 4.69) is 19.2 Å². The van der Waals surface area contributed by atoms with Crippen molar-refractivity contribution in [1.29, 1.82) is 0 Å². The number of esters is 1. The van der Waals surface area contributed by atoms with E-state index in [1.165, 1.54) is 25.7 Å². The van der Waals surface area contributed by atoms with E-state index < -0.39 is 6.04 Å². The Morgan fingerprint density at radius 1 is 1.39 bits per heavy atom. The van der Waals surface area contributed by atoms with Crippen molar-refractivity contribution >= 4 is 5.97 Å². The van der Waals surface area contributed by atoms with Gasteiger partial charge in [-0.2, -0.15) is 0 Å². The highest BCUT2D eigenvalue weighted by Gasteiger charge is 2.28. The number of rotatable bonds is 6. The van der Waals surface area contributed by atoms with Crippen molar-refractivity contribution < 1.29 is 9.53 Å². The quantitative estimate of drug-likeness (QED) is 0.710. The molecule has 0 aromatic carbocycles. The molecule has 0 heterocycles. The van der Waals surface area contributed by atoms with Crippen molar-refractivity contribution in [2.24, 2.45) is 17.6 Å². The van der Waals surface area contributed by atoms with Crippen molar-refractivity contribution in [3.8, 4) is 0 Å². The van der Waals surface area contributed by atoms with Crippen LogP contribution < -0.4 is 11.1 Å². The van der Waals surface area contributed by atoms with Crippen molar-refractivity contribution in [1.82, 2.24) is 5.32 Å². The van der Waals surface area contributed by atoms with Crippen LogP contribution >= 0.6 is 0 Å². The Morgan fingerprint density at radius 2 is 2.06 bits per heavy atom. The van der Waals surface area contributed by atoms with Gasteiger partial charge >= 0.3 is 5.97 Å². The molecule has 1 rings (SSSR count). The van der Waals surface area contributed by atoms with E-state index >= 15 is 0 Å². The Morgan fingerprint density at radius 3 is 2.67 bits per heavy atom. The summed E-state index contributed by atoms with van der Waals surface area (Å²) < 4.78 is 4.91. The van der Waals surface area contributed by atoms with E-state index in [-0.39, 0.29) is 5.97 Å². The molecule has 0 aliphatic heterocycles. The zero-order valence-corrected chi connectivity index (χ0v) is 11.9. The van der Waals surface area contributed by atoms with E-state index in [1.807, 2.05) is 0 Å². The zero-order chi connectivity index (χ0) is 13.5. The summed E-state index contributed by atoms with van der Waals surface area (Å²) in [6, 6.07) is -0.0427. The molecular formula is C14H28N2O2. The van der Waals surface area contributed by atoms with Crippen LogP contribution in [0.5, 0.6) is 0 Å². The number of hydrogen-bond acceptors (Lipinski definition) is 4. The van der Waals surface area contributed by atoms with Crippen molar-refractivity contribution in [3.05, 3.63) is 0 Å². The second-order valence-corrected chi connectivity index (χ2v) is 5.57. The molecule has 18 heavy (non-hydrogen) atoms. The highest BCUT2D eigenvalue weighted by atomic mass is 16.5. The van der Waals surface area contributed by atoms with E-state index in [9.17, 15) is 4.79 Å². The number of ether oxygens (including phenoxy) is 1. The third-order valence-electron chi connectivity index (χ3n) is 3.87. The Balaban J connectivity index is 2.38. The highest BCUT2D eigenvalue weighted by molar-refractivity contribution is 5.75. The maximum atomic E-state index is 11.4. The van der Waals surface area contributed by atoms with Crippen LogP contribution in [0, 0.1) is 11.8 Å². The van der Waals surface area contributed by atoms with Gasteiger partial charge in [0.15, 0.2) is 0 Å². The second kappa shape index (κ2) is 7.74. The lowest BCUT2D eigenvalue weighted by Crippen LogP contribution is -2.48. The first kappa shape index (κ1) is 15.4. The van der Waals surface area contributed by atoms with E-state index in [0.29, 0.717) is 31.0 Å². The molecule has 0 spiro atoms. The molecule has 4 nitrogen and oxygen atoms in total. The number of carbonyl (C=O) groups is 1. The third kappa shape index (κ3) is 4.58. The van der Waals surface area contributed by atoms with Crippen LogP contribution in [0.15, 0.2) is 0 Å². The molecule has 1 saturated carbocycles. The van der Waals surface area contributed by atoms with Crippen LogP contribution in [0.1, 0.15) is 46.5 Å². The molecule has 3 atom stereocenters. The van der Waals surface area contributed by atoms with Gasteiger partial charge in [0, 0.05) is 12.6 Å². The molecule has 106 valence electrons. The number of nitrogens with two attached hydrogens (primary N) is 1. The summed E-state index contributed by atoms with van der Waals surface area (Å²) in [5.74, 6) is 1.08. The first-order valence-corrected chi connectivity index (χ1v) is 7.21. The first-order chi connectivity index (χ1) is 8.56. The Kier molecular flexibility index (Phi) is 6.65. The van der Waals surface area contributed by atoms with E-state index in [1.54, 1.807) is 6.92 Å². The van der Waals surface area contributed by atoms with Gasteiger partial charge in [-0.15, -0.1) is 0 Å². The van der Waals surface area contributed by atoms with Crippen LogP contribution in [0.2, 0.25) is 0 Å². The van der Waals surface area contributed by atoms with Crippen molar-refractivity contribution in [3.63, 3.8) is 0 Å². The highest BCUT2D eigenvalue weighted by Crippen LogP contribution is 2.30. The molecule has 0 saturated heterocycles. The van der Waals surface area contributed by atoms with Crippen molar-refractivity contribution in [2.45, 2.75) is 58.5 Å². The summed E-state index contributed by atoms with van der Waals surface area (Å²) in [6.45, 7) is 7.26. The fourth-order valence-corrected chi connectivity index (χ4v) is 2.82. The standard InChI is InChI=1S/C14H28N2O2/c1-4-18-14(17)12(15)9-16-13-8-6-5-7-11(13)10(2)3/h10-13,16H,4-9,15H2,1-3H3. The van der Waals surface area contributed by atoms with Crippen LogP contribution in [0.3, 0.4) is 0 Å². The van der Waals surface area contributed by atoms with Gasteiger partial charge in [0.2, 0.25) is 0 Å². The molecule has 4 heteroatoms. The monoisotopic (exact) mass is 256 g/mol. The van der Waals surface area contributed by atoms with Crippen LogP contribution in [0.25, 0.3) is 0 Å². The summed E-state index contributed by atoms with van der Waals surface area (Å²) in [5, 5.41) is 3.47. The predicted molar refractivity (Wildman–Crippen MR) is 73.2 cm³/mol. The molecule has 1 aliphatic rings. The van der Waals surface area contributed by atoms with E-state index in [0.717, 1.165) is 0 Å². The Bertz CT molecular complexity index is 256. The molecule has 0 amide bonds. The zero-order valence-electron chi connectivity index (χ0n) is 11.9. The minimum atomic E-state index is -0.542.